The van der Waals surface area contributed by atoms with E-state index in [0.29, 0.717) is 5.69 Å². The molecule has 0 radical (unpaired) electrons. The van der Waals surface area contributed by atoms with Crippen molar-refractivity contribution in [3.8, 4) is 0 Å². The summed E-state index contributed by atoms with van der Waals surface area (Å²) in [5.41, 5.74) is 0.412. The smallest absolute Gasteiger partial charge is 0.217 e. The van der Waals surface area contributed by atoms with E-state index < -0.39 is 11.9 Å². The van der Waals surface area contributed by atoms with Gasteiger partial charge in [0.2, 0.25) is 11.9 Å². The molecule has 12 heavy (non-hydrogen) atoms. The first kappa shape index (κ1) is 8.90. The lowest BCUT2D eigenvalue weighted by Gasteiger charge is -2.08. The standard InChI is InChI=1S/C8H10F2N2/c1-5(2)11-6-3-7(9)12-8(10)4-6/h3-5H,1-2H3,(H,11,12). The molecule has 1 aromatic heterocycles. The van der Waals surface area contributed by atoms with Gasteiger partial charge in [0.25, 0.3) is 0 Å². The van der Waals surface area contributed by atoms with Crippen LogP contribution in [0.5, 0.6) is 0 Å². The molecule has 0 aliphatic carbocycles. The van der Waals surface area contributed by atoms with Crippen LogP contribution in [-0.4, -0.2) is 11.0 Å². The van der Waals surface area contributed by atoms with Gasteiger partial charge in [0.05, 0.1) is 0 Å². The molecular formula is C8H10F2N2. The van der Waals surface area contributed by atoms with Crippen LogP contribution in [-0.2, 0) is 0 Å². The zero-order valence-electron chi connectivity index (χ0n) is 6.94. The van der Waals surface area contributed by atoms with Gasteiger partial charge >= 0.3 is 0 Å². The molecule has 0 spiro atoms. The van der Waals surface area contributed by atoms with Crippen LogP contribution in [0.25, 0.3) is 0 Å². The molecule has 1 aromatic rings. The number of nitrogens with one attached hydrogen (secondary N) is 1. The largest absolute Gasteiger partial charge is 0.383 e. The Morgan fingerprint density at radius 3 is 2.17 bits per heavy atom. The Bertz CT molecular complexity index is 254. The summed E-state index contributed by atoms with van der Waals surface area (Å²) in [6.07, 6.45) is 0. The maximum Gasteiger partial charge on any atom is 0.217 e. The van der Waals surface area contributed by atoms with Crippen molar-refractivity contribution in [1.82, 2.24) is 4.98 Å². The molecule has 0 bridgehead atoms. The monoisotopic (exact) mass is 172 g/mol. The molecule has 1 N–H and O–H groups in total. The Balaban J connectivity index is 2.85. The predicted molar refractivity (Wildman–Crippen MR) is 42.9 cm³/mol. The summed E-state index contributed by atoms with van der Waals surface area (Å²) < 4.78 is 25.0. The topological polar surface area (TPSA) is 24.9 Å². The molecule has 0 amide bonds. The van der Waals surface area contributed by atoms with Crippen molar-refractivity contribution in [1.29, 1.82) is 0 Å². The van der Waals surface area contributed by atoms with E-state index in [1.807, 2.05) is 13.8 Å². The molecule has 0 unspecified atom stereocenters. The van der Waals surface area contributed by atoms with Gasteiger partial charge in [0, 0.05) is 23.9 Å². The van der Waals surface area contributed by atoms with Gasteiger partial charge < -0.3 is 5.32 Å². The van der Waals surface area contributed by atoms with Crippen molar-refractivity contribution < 1.29 is 8.78 Å². The Kier molecular flexibility index (Phi) is 2.58. The van der Waals surface area contributed by atoms with E-state index in [4.69, 9.17) is 0 Å². The fourth-order valence-corrected chi connectivity index (χ4v) is 0.882. The Labute approximate surface area is 69.6 Å². The van der Waals surface area contributed by atoms with E-state index >= 15 is 0 Å². The number of halogens is 2. The predicted octanol–water partition coefficient (Wildman–Crippen LogP) is 2.18. The minimum atomic E-state index is -0.807. The lowest BCUT2D eigenvalue weighted by Crippen LogP contribution is -2.10. The zero-order valence-corrected chi connectivity index (χ0v) is 6.94. The Morgan fingerprint density at radius 2 is 1.75 bits per heavy atom. The van der Waals surface area contributed by atoms with Crippen LogP contribution in [0.1, 0.15) is 13.8 Å². The lowest BCUT2D eigenvalue weighted by atomic mass is 10.3. The average molecular weight is 172 g/mol. The molecule has 0 atom stereocenters. The van der Waals surface area contributed by atoms with Crippen molar-refractivity contribution >= 4 is 5.69 Å². The quantitative estimate of drug-likeness (QED) is 0.691. The van der Waals surface area contributed by atoms with Crippen molar-refractivity contribution in [2.45, 2.75) is 19.9 Å². The second-order valence-corrected chi connectivity index (χ2v) is 2.80. The van der Waals surface area contributed by atoms with Gasteiger partial charge in [-0.05, 0) is 13.8 Å². The van der Waals surface area contributed by atoms with Gasteiger partial charge in [-0.2, -0.15) is 13.8 Å². The molecule has 0 aromatic carbocycles. The molecule has 0 aliphatic heterocycles. The van der Waals surface area contributed by atoms with Crippen LogP contribution in [0.3, 0.4) is 0 Å². The van der Waals surface area contributed by atoms with Crippen LogP contribution in [0.15, 0.2) is 12.1 Å². The van der Waals surface area contributed by atoms with Gasteiger partial charge in [0.15, 0.2) is 0 Å². The second kappa shape index (κ2) is 3.47. The molecular weight excluding hydrogens is 162 g/mol. The number of pyridine rings is 1. The van der Waals surface area contributed by atoms with E-state index in [0.717, 1.165) is 12.1 Å². The highest BCUT2D eigenvalue weighted by molar-refractivity contribution is 5.42. The number of hydrogen-bond donors (Lipinski definition) is 1. The van der Waals surface area contributed by atoms with Crippen molar-refractivity contribution in [3.63, 3.8) is 0 Å². The molecule has 0 saturated carbocycles. The molecule has 0 fully saturated rings. The van der Waals surface area contributed by atoms with Gasteiger partial charge in [-0.3, -0.25) is 0 Å². The van der Waals surface area contributed by atoms with Crippen molar-refractivity contribution in [2.75, 3.05) is 5.32 Å². The van der Waals surface area contributed by atoms with Gasteiger partial charge in [-0.25, -0.2) is 0 Å². The van der Waals surface area contributed by atoms with Crippen LogP contribution in [0, 0.1) is 11.9 Å². The summed E-state index contributed by atoms with van der Waals surface area (Å²) in [6.45, 7) is 3.77. The number of rotatable bonds is 2. The average Bonchev–Trinajstić information content (AvgIpc) is 1.81. The van der Waals surface area contributed by atoms with Crippen molar-refractivity contribution in [3.05, 3.63) is 24.0 Å². The maximum absolute atomic E-state index is 12.5. The van der Waals surface area contributed by atoms with Crippen molar-refractivity contribution in [2.24, 2.45) is 0 Å². The third-order valence-electron chi connectivity index (χ3n) is 1.22. The number of nitrogens with zero attached hydrogens (tertiary/aromatic N) is 1. The zero-order chi connectivity index (χ0) is 9.14. The van der Waals surface area contributed by atoms with Crippen LogP contribution < -0.4 is 5.32 Å². The first-order valence-electron chi connectivity index (χ1n) is 3.67. The summed E-state index contributed by atoms with van der Waals surface area (Å²) in [4.78, 5) is 2.97. The van der Waals surface area contributed by atoms with E-state index in [2.05, 4.69) is 10.3 Å². The van der Waals surface area contributed by atoms with E-state index in [1.165, 1.54) is 0 Å². The summed E-state index contributed by atoms with van der Waals surface area (Å²) in [7, 11) is 0. The first-order chi connectivity index (χ1) is 5.58. The second-order valence-electron chi connectivity index (χ2n) is 2.80. The minimum absolute atomic E-state index is 0.145. The number of hydrogen-bond acceptors (Lipinski definition) is 2. The molecule has 1 heterocycles. The summed E-state index contributed by atoms with van der Waals surface area (Å²) in [5.74, 6) is -1.61. The van der Waals surface area contributed by atoms with Crippen LogP contribution in [0.2, 0.25) is 0 Å². The molecule has 1 rings (SSSR count). The molecule has 0 aliphatic rings. The van der Waals surface area contributed by atoms with Crippen LogP contribution in [0.4, 0.5) is 14.5 Å². The summed E-state index contributed by atoms with van der Waals surface area (Å²) >= 11 is 0. The minimum Gasteiger partial charge on any atom is -0.383 e. The number of anilines is 1. The highest BCUT2D eigenvalue weighted by Gasteiger charge is 2.01. The van der Waals surface area contributed by atoms with E-state index in [9.17, 15) is 8.78 Å². The van der Waals surface area contributed by atoms with Gasteiger partial charge in [-0.1, -0.05) is 0 Å². The molecule has 4 heteroatoms. The fraction of sp³-hybridized carbons (Fsp3) is 0.375. The molecule has 2 nitrogen and oxygen atoms in total. The highest BCUT2D eigenvalue weighted by atomic mass is 19.1. The number of aromatic nitrogens is 1. The lowest BCUT2D eigenvalue weighted by molar-refractivity contribution is 0.513. The van der Waals surface area contributed by atoms with E-state index in [1.54, 1.807) is 0 Å². The highest BCUT2D eigenvalue weighted by Crippen LogP contribution is 2.10. The van der Waals surface area contributed by atoms with Gasteiger partial charge in [-0.15, -0.1) is 0 Å². The Morgan fingerprint density at radius 1 is 1.25 bits per heavy atom. The van der Waals surface area contributed by atoms with E-state index in [-0.39, 0.29) is 6.04 Å². The third kappa shape index (κ3) is 2.45. The normalized spacial score (nSPS) is 10.4. The fourth-order valence-electron chi connectivity index (χ4n) is 0.882. The molecule has 66 valence electrons. The van der Waals surface area contributed by atoms with Gasteiger partial charge in [0.1, 0.15) is 0 Å². The summed E-state index contributed by atoms with van der Waals surface area (Å²) in [6, 6.07) is 2.46. The third-order valence-corrected chi connectivity index (χ3v) is 1.22. The summed E-state index contributed by atoms with van der Waals surface area (Å²) in [5, 5.41) is 2.87. The molecule has 0 saturated heterocycles. The Hall–Kier alpha value is -1.19. The van der Waals surface area contributed by atoms with Crippen LogP contribution >= 0.6 is 0 Å². The maximum atomic E-state index is 12.5. The SMILES string of the molecule is CC(C)Nc1cc(F)nc(F)c1. The first-order valence-corrected chi connectivity index (χ1v) is 3.67.